The third-order valence-corrected chi connectivity index (χ3v) is 5.16. The molecular weight excluding hydrogens is 445 g/mol. The molecule has 1 aliphatic heterocycles. The van der Waals surface area contributed by atoms with E-state index >= 15 is 0 Å². The van der Waals surface area contributed by atoms with Gasteiger partial charge >= 0.3 is 5.97 Å². The van der Waals surface area contributed by atoms with Crippen molar-refractivity contribution in [3.05, 3.63) is 99.5 Å². The summed E-state index contributed by atoms with van der Waals surface area (Å²) in [5.74, 6) is -0.00858. The van der Waals surface area contributed by atoms with Crippen molar-refractivity contribution in [1.29, 1.82) is 0 Å². The van der Waals surface area contributed by atoms with Gasteiger partial charge in [0.2, 0.25) is 5.90 Å². The molecule has 0 atom stereocenters. The molecule has 0 fully saturated rings. The molecule has 0 aromatic heterocycles. The van der Waals surface area contributed by atoms with Gasteiger partial charge in [-0.2, -0.15) is 0 Å². The van der Waals surface area contributed by atoms with E-state index in [2.05, 4.69) is 4.99 Å². The van der Waals surface area contributed by atoms with Gasteiger partial charge in [-0.05, 0) is 55.8 Å². The van der Waals surface area contributed by atoms with E-state index in [9.17, 15) is 9.18 Å². The Hall–Kier alpha value is -3.64. The van der Waals surface area contributed by atoms with E-state index < -0.39 is 5.97 Å². The molecule has 0 saturated heterocycles. The van der Waals surface area contributed by atoms with E-state index in [1.165, 1.54) is 6.07 Å². The predicted octanol–water partition coefficient (Wildman–Crippen LogP) is 6.11. The van der Waals surface area contributed by atoms with Crippen molar-refractivity contribution in [2.45, 2.75) is 20.5 Å². The Morgan fingerprint density at radius 1 is 1.09 bits per heavy atom. The van der Waals surface area contributed by atoms with Gasteiger partial charge in [0.25, 0.3) is 0 Å². The molecule has 7 heteroatoms. The second-order valence-electron chi connectivity index (χ2n) is 7.35. The van der Waals surface area contributed by atoms with Gasteiger partial charge in [0, 0.05) is 11.1 Å². The molecule has 33 heavy (non-hydrogen) atoms. The Labute approximate surface area is 196 Å². The van der Waals surface area contributed by atoms with Crippen LogP contribution >= 0.6 is 11.6 Å². The van der Waals surface area contributed by atoms with Gasteiger partial charge in [0.1, 0.15) is 12.4 Å². The third-order valence-electron chi connectivity index (χ3n) is 4.88. The molecule has 1 aliphatic rings. The highest BCUT2D eigenvalue weighted by atomic mass is 35.5. The van der Waals surface area contributed by atoms with Crippen LogP contribution in [0.4, 0.5) is 4.39 Å². The topological polar surface area (TPSA) is 57.1 Å². The molecule has 1 heterocycles. The van der Waals surface area contributed by atoms with E-state index in [-0.39, 0.29) is 29.0 Å². The molecule has 0 bridgehead atoms. The Balaban J connectivity index is 1.61. The number of halogens is 2. The number of hydrogen-bond acceptors (Lipinski definition) is 5. The number of esters is 1. The minimum atomic E-state index is -0.556. The Bertz CT molecular complexity index is 1250. The summed E-state index contributed by atoms with van der Waals surface area (Å²) in [6.45, 7) is 4.15. The Morgan fingerprint density at radius 3 is 2.58 bits per heavy atom. The Kier molecular flexibility index (Phi) is 6.75. The van der Waals surface area contributed by atoms with Crippen LogP contribution in [-0.2, 0) is 16.1 Å². The first-order chi connectivity index (χ1) is 15.9. The van der Waals surface area contributed by atoms with Crippen LogP contribution in [0, 0.1) is 12.7 Å². The molecule has 0 unspecified atom stereocenters. The van der Waals surface area contributed by atoms with Crippen LogP contribution < -0.4 is 9.47 Å². The van der Waals surface area contributed by atoms with Gasteiger partial charge in [0.05, 0.1) is 11.6 Å². The summed E-state index contributed by atoms with van der Waals surface area (Å²) in [5.41, 5.74) is 2.93. The number of carbonyl (C=O) groups is 1. The second-order valence-corrected chi connectivity index (χ2v) is 7.75. The molecule has 0 amide bonds. The normalized spacial score (nSPS) is 14.2. The first-order valence-electron chi connectivity index (χ1n) is 10.4. The van der Waals surface area contributed by atoms with Gasteiger partial charge in [0.15, 0.2) is 17.2 Å². The van der Waals surface area contributed by atoms with Crippen molar-refractivity contribution in [2.24, 2.45) is 4.99 Å². The first kappa shape index (κ1) is 22.6. The number of rotatable bonds is 7. The lowest BCUT2D eigenvalue weighted by Gasteiger charge is -2.15. The number of aliphatic imine (C=N–C) groups is 1. The summed E-state index contributed by atoms with van der Waals surface area (Å²) in [6, 6.07) is 17.2. The number of hydrogen-bond donors (Lipinski definition) is 0. The fourth-order valence-electron chi connectivity index (χ4n) is 3.23. The lowest BCUT2D eigenvalue weighted by molar-refractivity contribution is -0.129. The van der Waals surface area contributed by atoms with Gasteiger partial charge in [-0.1, -0.05) is 47.5 Å². The zero-order chi connectivity index (χ0) is 23.4. The van der Waals surface area contributed by atoms with Crippen LogP contribution in [0.2, 0.25) is 5.02 Å². The average Bonchev–Trinajstić information content (AvgIpc) is 3.15. The molecular formula is C26H21ClFNO4. The molecule has 3 aromatic rings. The zero-order valence-electron chi connectivity index (χ0n) is 18.1. The first-order valence-corrected chi connectivity index (χ1v) is 10.7. The second kappa shape index (κ2) is 9.88. The van der Waals surface area contributed by atoms with Crippen LogP contribution in [0.1, 0.15) is 29.2 Å². The van der Waals surface area contributed by atoms with Crippen molar-refractivity contribution < 1.29 is 23.4 Å². The smallest absolute Gasteiger partial charge is 0.363 e. The van der Waals surface area contributed by atoms with Crippen molar-refractivity contribution in [3.63, 3.8) is 0 Å². The SMILES string of the molecule is CCOc1cc(/C=C2\N=C(c3ccc(C)cc3)OC2=O)cc(Cl)c1OCc1ccccc1F. The highest BCUT2D eigenvalue weighted by molar-refractivity contribution is 6.32. The fraction of sp³-hybridized carbons (Fsp3) is 0.154. The summed E-state index contributed by atoms with van der Waals surface area (Å²) in [7, 11) is 0. The summed E-state index contributed by atoms with van der Waals surface area (Å²) in [4.78, 5) is 16.7. The maximum absolute atomic E-state index is 13.9. The van der Waals surface area contributed by atoms with Crippen molar-refractivity contribution >= 4 is 29.5 Å². The lowest BCUT2D eigenvalue weighted by Crippen LogP contribution is -2.05. The van der Waals surface area contributed by atoms with Crippen LogP contribution in [0.3, 0.4) is 0 Å². The third kappa shape index (κ3) is 5.23. The van der Waals surface area contributed by atoms with Crippen molar-refractivity contribution in [2.75, 3.05) is 6.61 Å². The van der Waals surface area contributed by atoms with Gasteiger partial charge in [-0.15, -0.1) is 0 Å². The molecule has 5 nitrogen and oxygen atoms in total. The van der Waals surface area contributed by atoms with E-state index in [4.69, 9.17) is 25.8 Å². The minimum Gasteiger partial charge on any atom is -0.490 e. The number of carbonyl (C=O) groups excluding carboxylic acids is 1. The van der Waals surface area contributed by atoms with Crippen molar-refractivity contribution in [1.82, 2.24) is 0 Å². The molecule has 0 radical (unpaired) electrons. The summed E-state index contributed by atoms with van der Waals surface area (Å²) >= 11 is 6.46. The van der Waals surface area contributed by atoms with E-state index in [1.54, 1.807) is 36.4 Å². The summed E-state index contributed by atoms with van der Waals surface area (Å²) in [5, 5.41) is 0.262. The molecule has 0 aliphatic carbocycles. The lowest BCUT2D eigenvalue weighted by atomic mass is 10.1. The van der Waals surface area contributed by atoms with E-state index in [0.29, 0.717) is 34.8 Å². The zero-order valence-corrected chi connectivity index (χ0v) is 18.9. The quantitative estimate of drug-likeness (QED) is 0.312. The number of cyclic esters (lactones) is 1. The van der Waals surface area contributed by atoms with Gasteiger partial charge in [-0.25, -0.2) is 14.2 Å². The maximum atomic E-state index is 13.9. The van der Waals surface area contributed by atoms with Crippen LogP contribution in [0.25, 0.3) is 6.08 Å². The van der Waals surface area contributed by atoms with Crippen LogP contribution in [-0.4, -0.2) is 18.5 Å². The highest BCUT2D eigenvalue weighted by Crippen LogP contribution is 2.38. The molecule has 0 spiro atoms. The summed E-state index contributed by atoms with van der Waals surface area (Å²) < 4.78 is 30.7. The predicted molar refractivity (Wildman–Crippen MR) is 125 cm³/mol. The molecule has 0 saturated carbocycles. The number of benzene rings is 3. The minimum absolute atomic E-state index is 0.0105. The molecule has 168 valence electrons. The van der Waals surface area contributed by atoms with Gasteiger partial charge < -0.3 is 14.2 Å². The summed E-state index contributed by atoms with van der Waals surface area (Å²) in [6.07, 6.45) is 1.57. The number of aryl methyl sites for hydroxylation is 1. The number of ether oxygens (including phenoxy) is 3. The van der Waals surface area contributed by atoms with E-state index in [0.717, 1.165) is 5.56 Å². The standard InChI is InChI=1S/C26H21ClFNO4/c1-3-31-23-14-17(12-20(27)24(23)32-15-19-6-4-5-7-21(19)28)13-22-26(30)33-25(29-22)18-10-8-16(2)9-11-18/h4-14H,3,15H2,1-2H3/b22-13-. The Morgan fingerprint density at radius 2 is 1.85 bits per heavy atom. The highest BCUT2D eigenvalue weighted by Gasteiger charge is 2.24. The molecule has 3 aromatic carbocycles. The van der Waals surface area contributed by atoms with Crippen LogP contribution in [0.15, 0.2) is 71.4 Å². The van der Waals surface area contributed by atoms with Crippen molar-refractivity contribution in [3.8, 4) is 11.5 Å². The molecule has 0 N–H and O–H groups in total. The van der Waals surface area contributed by atoms with Gasteiger partial charge in [-0.3, -0.25) is 0 Å². The van der Waals surface area contributed by atoms with Crippen LogP contribution in [0.5, 0.6) is 11.5 Å². The fourth-order valence-corrected chi connectivity index (χ4v) is 3.50. The largest absolute Gasteiger partial charge is 0.490 e. The number of nitrogens with zero attached hydrogens (tertiary/aromatic N) is 1. The van der Waals surface area contributed by atoms with E-state index in [1.807, 2.05) is 38.1 Å². The molecule has 4 rings (SSSR count). The monoisotopic (exact) mass is 465 g/mol. The average molecular weight is 466 g/mol. The maximum Gasteiger partial charge on any atom is 0.363 e.